The molecule has 0 heterocycles. The van der Waals surface area contributed by atoms with Crippen LogP contribution in [-0.2, 0) is 30.4 Å². The minimum atomic E-state index is -2.71. The number of fused-ring (bicyclic) bond motifs is 3. The van der Waals surface area contributed by atoms with Crippen molar-refractivity contribution in [2.45, 2.75) is 45.6 Å². The van der Waals surface area contributed by atoms with Gasteiger partial charge in [-0.1, -0.05) is 32.9 Å². The number of phenolic OH excluding ortho intramolecular Hbond substituents is 1. The summed E-state index contributed by atoms with van der Waals surface area (Å²) in [6, 6.07) is 2.87. The van der Waals surface area contributed by atoms with E-state index in [0.29, 0.717) is 17.5 Å². The number of carbonyl (C=O) groups is 6. The van der Waals surface area contributed by atoms with E-state index in [1.165, 1.54) is 12.1 Å². The molecule has 0 spiro atoms. The Bertz CT molecular complexity index is 1240. The quantitative estimate of drug-likeness (QED) is 0.404. The number of amides is 1. The highest BCUT2D eigenvalue weighted by atomic mass is 16.3. The van der Waals surface area contributed by atoms with Crippen LogP contribution in [0, 0.1) is 35.5 Å². The van der Waals surface area contributed by atoms with Crippen LogP contribution in [0.25, 0.3) is 6.08 Å². The fourth-order valence-corrected chi connectivity index (χ4v) is 6.34. The van der Waals surface area contributed by atoms with Crippen molar-refractivity contribution in [2.24, 2.45) is 41.2 Å². The van der Waals surface area contributed by atoms with Gasteiger partial charge < -0.3 is 15.9 Å². The number of hydrogen-bond donors (Lipinski definition) is 3. The Balaban J connectivity index is 1.85. The summed E-state index contributed by atoms with van der Waals surface area (Å²) in [5.41, 5.74) is 3.52. The van der Waals surface area contributed by atoms with Gasteiger partial charge in [-0.25, -0.2) is 0 Å². The first kappa shape index (κ1) is 25.6. The Morgan fingerprint density at radius 3 is 2.42 bits per heavy atom. The van der Waals surface area contributed by atoms with Gasteiger partial charge in [-0.05, 0) is 47.9 Å². The van der Waals surface area contributed by atoms with Crippen molar-refractivity contribution in [1.82, 2.24) is 0 Å². The molecule has 1 aromatic carbocycles. The number of Topliss-reactive ketones (excluding diaryl/α,β-unsaturated/α-hetero) is 4. The van der Waals surface area contributed by atoms with E-state index >= 15 is 0 Å². The monoisotopic (exact) mass is 495 g/mol. The van der Waals surface area contributed by atoms with Crippen molar-refractivity contribution >= 4 is 40.9 Å². The molecular weight excluding hydrogens is 466 g/mol. The van der Waals surface area contributed by atoms with Crippen molar-refractivity contribution in [3.63, 3.8) is 0 Å². The predicted octanol–water partition coefficient (Wildman–Crippen LogP) is 1.20. The number of primary amides is 1. The average Bonchev–Trinajstić information content (AvgIpc) is 2.80. The predicted molar refractivity (Wildman–Crippen MR) is 127 cm³/mol. The third-order valence-electron chi connectivity index (χ3n) is 8.03. The first-order valence-electron chi connectivity index (χ1n) is 12.1. The Labute approximate surface area is 207 Å². The second-order valence-corrected chi connectivity index (χ2v) is 10.3. The second-order valence-electron chi connectivity index (χ2n) is 10.3. The minimum Gasteiger partial charge on any atom is -0.507 e. The maximum atomic E-state index is 13.7. The molecule has 36 heavy (non-hydrogen) atoms. The normalized spacial score (nSPS) is 31.9. The molecule has 0 radical (unpaired) electrons. The van der Waals surface area contributed by atoms with Gasteiger partial charge in [0, 0.05) is 18.3 Å². The summed E-state index contributed by atoms with van der Waals surface area (Å²) < 4.78 is 0. The smallest absolute Gasteiger partial charge is 0.235 e. The summed E-state index contributed by atoms with van der Waals surface area (Å²) in [5.74, 6) is -12.1. The van der Waals surface area contributed by atoms with Crippen LogP contribution in [0.4, 0.5) is 0 Å². The number of carbonyl (C=O) groups excluding carboxylic acids is 6. The van der Waals surface area contributed by atoms with E-state index in [2.05, 4.69) is 0 Å². The first-order chi connectivity index (χ1) is 16.9. The van der Waals surface area contributed by atoms with Crippen LogP contribution in [0.5, 0.6) is 5.75 Å². The van der Waals surface area contributed by atoms with Crippen molar-refractivity contribution in [3.05, 3.63) is 34.9 Å². The van der Waals surface area contributed by atoms with Crippen LogP contribution in [-0.4, -0.2) is 50.6 Å². The standard InChI is InChI=1S/C27H29NO8/c1-4-14(29)7-5-12-6-8-17(30)20-15(12)9-13-10-16-18(11(2)3)22(31)21(26(28)35)25(34)27(16,36)24(33)19(13)23(20)32/h5-8,11,13,16,18-19,21,30,36H,4,9-10H2,1-3H3,(H2,28,35)/t13-,16-,18-,19?,21?,27-/m0/s1. The Morgan fingerprint density at radius 1 is 1.17 bits per heavy atom. The highest BCUT2D eigenvalue weighted by Crippen LogP contribution is 2.53. The molecule has 9 heteroatoms. The minimum absolute atomic E-state index is 0.0105. The number of ketones is 5. The van der Waals surface area contributed by atoms with Gasteiger partial charge in [0.05, 0.1) is 11.5 Å². The summed E-state index contributed by atoms with van der Waals surface area (Å²) in [7, 11) is 0. The lowest BCUT2D eigenvalue weighted by Gasteiger charge is -2.52. The molecule has 1 aromatic rings. The van der Waals surface area contributed by atoms with E-state index in [4.69, 9.17) is 5.73 Å². The van der Waals surface area contributed by atoms with Crippen molar-refractivity contribution in [1.29, 1.82) is 0 Å². The van der Waals surface area contributed by atoms with Crippen LogP contribution >= 0.6 is 0 Å². The molecule has 2 fully saturated rings. The Kier molecular flexibility index (Phi) is 6.33. The topological polar surface area (TPSA) is 169 Å². The van der Waals surface area contributed by atoms with Crippen molar-refractivity contribution < 1.29 is 39.0 Å². The molecule has 4 rings (SSSR count). The Hall–Kier alpha value is -3.46. The van der Waals surface area contributed by atoms with E-state index in [0.717, 1.165) is 0 Å². The number of aromatic hydroxyl groups is 1. The zero-order chi connectivity index (χ0) is 26.7. The van der Waals surface area contributed by atoms with Gasteiger partial charge in [-0.2, -0.15) is 0 Å². The van der Waals surface area contributed by atoms with Crippen LogP contribution in [0.2, 0.25) is 0 Å². The van der Waals surface area contributed by atoms with Gasteiger partial charge in [0.2, 0.25) is 5.91 Å². The number of aliphatic hydroxyl groups is 1. The molecule has 9 nitrogen and oxygen atoms in total. The summed E-state index contributed by atoms with van der Waals surface area (Å²) in [5, 5.41) is 22.1. The molecule has 0 saturated heterocycles. The molecular formula is C27H29NO8. The van der Waals surface area contributed by atoms with Crippen LogP contribution in [0.15, 0.2) is 18.2 Å². The molecule has 3 aliphatic carbocycles. The highest BCUT2D eigenvalue weighted by molar-refractivity contribution is 6.32. The van der Waals surface area contributed by atoms with Gasteiger partial charge in [-0.15, -0.1) is 0 Å². The molecule has 2 unspecified atom stereocenters. The molecule has 0 aromatic heterocycles. The van der Waals surface area contributed by atoms with E-state index < -0.39 is 70.1 Å². The molecule has 3 aliphatic rings. The average molecular weight is 496 g/mol. The highest BCUT2D eigenvalue weighted by Gasteiger charge is 2.69. The second kappa shape index (κ2) is 8.89. The molecule has 4 N–H and O–H groups in total. The van der Waals surface area contributed by atoms with E-state index in [9.17, 15) is 39.0 Å². The maximum absolute atomic E-state index is 13.7. The zero-order valence-corrected chi connectivity index (χ0v) is 20.3. The van der Waals surface area contributed by atoms with E-state index in [-0.39, 0.29) is 29.9 Å². The fraction of sp³-hybridized carbons (Fsp3) is 0.481. The fourth-order valence-electron chi connectivity index (χ4n) is 6.34. The molecule has 0 bridgehead atoms. The van der Waals surface area contributed by atoms with E-state index in [1.807, 2.05) is 0 Å². The van der Waals surface area contributed by atoms with Crippen LogP contribution < -0.4 is 5.73 Å². The van der Waals surface area contributed by atoms with Crippen LogP contribution in [0.1, 0.15) is 55.1 Å². The lowest BCUT2D eigenvalue weighted by atomic mass is 9.49. The van der Waals surface area contributed by atoms with Gasteiger partial charge in [0.25, 0.3) is 0 Å². The van der Waals surface area contributed by atoms with Crippen molar-refractivity contribution in [3.8, 4) is 5.75 Å². The summed E-state index contributed by atoms with van der Waals surface area (Å²) in [6.07, 6.45) is 3.40. The first-order valence-corrected chi connectivity index (χ1v) is 12.1. The summed E-state index contributed by atoms with van der Waals surface area (Å²) >= 11 is 0. The number of phenols is 1. The summed E-state index contributed by atoms with van der Waals surface area (Å²) in [4.78, 5) is 77.5. The van der Waals surface area contributed by atoms with Gasteiger partial charge in [0.1, 0.15) is 5.75 Å². The third kappa shape index (κ3) is 3.56. The molecule has 190 valence electrons. The third-order valence-corrected chi connectivity index (χ3v) is 8.03. The van der Waals surface area contributed by atoms with Crippen molar-refractivity contribution in [2.75, 3.05) is 0 Å². The Morgan fingerprint density at radius 2 is 1.83 bits per heavy atom. The molecule has 1 amide bonds. The number of hydrogen-bond acceptors (Lipinski definition) is 8. The molecule has 2 saturated carbocycles. The SMILES string of the molecule is CCC(=O)C=Cc1ccc(O)c2c1C[C@H]1C[C@H]3[C@H](C(C)C)C(=O)C(C(N)=O)C(=O)[C@@]3(O)C(=O)C1C2=O. The number of nitrogens with two attached hydrogens (primary N) is 1. The lowest BCUT2D eigenvalue weighted by Crippen LogP contribution is -2.71. The summed E-state index contributed by atoms with van der Waals surface area (Å²) in [6.45, 7) is 5.10. The maximum Gasteiger partial charge on any atom is 0.235 e. The number of benzene rings is 1. The number of allylic oxidation sites excluding steroid dienone is 1. The van der Waals surface area contributed by atoms with Gasteiger partial charge in [-0.3, -0.25) is 28.8 Å². The number of rotatable bonds is 5. The van der Waals surface area contributed by atoms with Gasteiger partial charge in [0.15, 0.2) is 40.4 Å². The zero-order valence-electron chi connectivity index (χ0n) is 20.3. The van der Waals surface area contributed by atoms with Crippen LogP contribution in [0.3, 0.4) is 0 Å². The lowest BCUT2D eigenvalue weighted by molar-refractivity contribution is -0.182. The molecule has 6 atom stereocenters. The van der Waals surface area contributed by atoms with Gasteiger partial charge >= 0.3 is 0 Å². The van der Waals surface area contributed by atoms with E-state index in [1.54, 1.807) is 32.9 Å². The molecule has 0 aliphatic heterocycles. The largest absolute Gasteiger partial charge is 0.507 e.